The molecule has 6 nitrogen and oxygen atoms in total. The minimum absolute atomic E-state index is 0.000283. The van der Waals surface area contributed by atoms with Crippen molar-refractivity contribution in [2.24, 2.45) is 40.4 Å². The number of methoxy groups -OCH3 is 3. The summed E-state index contributed by atoms with van der Waals surface area (Å²) >= 11 is 0. The van der Waals surface area contributed by atoms with Gasteiger partial charge in [-0.3, -0.25) is 4.90 Å². The number of hydrogen-bond acceptors (Lipinski definition) is 6. The van der Waals surface area contributed by atoms with E-state index in [4.69, 9.17) is 14.2 Å². The quantitative estimate of drug-likeness (QED) is 0.702. The Labute approximate surface area is 180 Å². The van der Waals surface area contributed by atoms with Crippen LogP contribution in [0.5, 0.6) is 0 Å². The summed E-state index contributed by atoms with van der Waals surface area (Å²) in [6.07, 6.45) is 4.52. The van der Waals surface area contributed by atoms with Crippen LogP contribution in [-0.4, -0.2) is 86.1 Å². The highest BCUT2D eigenvalue weighted by Crippen LogP contribution is 2.79. The average molecular weight is 422 g/mol. The zero-order valence-electron chi connectivity index (χ0n) is 18.9. The van der Waals surface area contributed by atoms with Crippen LogP contribution in [0.2, 0.25) is 0 Å². The fourth-order valence-electron chi connectivity index (χ4n) is 10.7. The van der Waals surface area contributed by atoms with Gasteiger partial charge in [0.2, 0.25) is 0 Å². The average Bonchev–Trinajstić information content (AvgIpc) is 3.15. The normalized spacial score (nSPS) is 60.8. The van der Waals surface area contributed by atoms with Crippen LogP contribution in [0.4, 0.5) is 0 Å². The molecule has 1 saturated heterocycles. The first-order valence-corrected chi connectivity index (χ1v) is 12.1. The number of piperidine rings is 1. The first-order valence-electron chi connectivity index (χ1n) is 12.1. The van der Waals surface area contributed by atoms with Gasteiger partial charge in [-0.25, -0.2) is 0 Å². The van der Waals surface area contributed by atoms with E-state index < -0.39 is 11.7 Å². The summed E-state index contributed by atoms with van der Waals surface area (Å²) in [5.41, 5.74) is -0.719. The van der Waals surface area contributed by atoms with Crippen molar-refractivity contribution in [3.63, 3.8) is 0 Å². The second kappa shape index (κ2) is 6.42. The Kier molecular flexibility index (Phi) is 4.36. The van der Waals surface area contributed by atoms with E-state index in [0.717, 1.165) is 45.4 Å². The molecule has 30 heavy (non-hydrogen) atoms. The molecular formula is C24H39NO5. The molecule has 5 aliphatic carbocycles. The van der Waals surface area contributed by atoms with Gasteiger partial charge in [-0.05, 0) is 44.1 Å². The Morgan fingerprint density at radius 2 is 1.90 bits per heavy atom. The number of aliphatic hydroxyl groups excluding tert-OH is 1. The van der Waals surface area contributed by atoms with Crippen molar-refractivity contribution in [2.45, 2.75) is 69.0 Å². The second-order valence-corrected chi connectivity index (χ2v) is 11.5. The Morgan fingerprint density at radius 1 is 1.10 bits per heavy atom. The maximum absolute atomic E-state index is 12.4. The Balaban J connectivity index is 1.58. The summed E-state index contributed by atoms with van der Waals surface area (Å²) < 4.78 is 18.0. The van der Waals surface area contributed by atoms with Crippen molar-refractivity contribution in [1.29, 1.82) is 0 Å². The number of rotatable bonds is 5. The molecule has 5 saturated carbocycles. The predicted octanol–water partition coefficient (Wildman–Crippen LogP) is 1.53. The molecule has 0 aromatic rings. The minimum atomic E-state index is -0.847. The lowest BCUT2D eigenvalue weighted by Crippen LogP contribution is -2.76. The zero-order chi connectivity index (χ0) is 21.1. The summed E-state index contributed by atoms with van der Waals surface area (Å²) in [5, 5.41) is 23.8. The molecule has 12 atom stereocenters. The molecule has 170 valence electrons. The van der Waals surface area contributed by atoms with E-state index in [1.165, 1.54) is 0 Å². The van der Waals surface area contributed by atoms with Crippen LogP contribution in [0, 0.1) is 40.4 Å². The van der Waals surface area contributed by atoms with Gasteiger partial charge in [0, 0.05) is 68.9 Å². The molecule has 0 aromatic heterocycles. The molecular weight excluding hydrogens is 382 g/mol. The van der Waals surface area contributed by atoms with E-state index >= 15 is 0 Å². The van der Waals surface area contributed by atoms with Crippen LogP contribution >= 0.6 is 0 Å². The number of likely N-dealkylation sites (tertiary alicyclic amines) is 1. The Hall–Kier alpha value is -0.240. The van der Waals surface area contributed by atoms with Gasteiger partial charge in [0.1, 0.15) is 0 Å². The number of nitrogens with zero attached hydrogens (tertiary/aromatic N) is 1. The molecule has 1 aliphatic heterocycles. The SMILES string of the molecule is CCN1C[C@]2(COC)CC[C@H](OC)[C@@]34[C@H]5C[C@H]6[C@H](O)[C@@H]5[C@](O)(C[C@@H]6OC)[C@@H](C[C@@H]23)[C@@H]14. The summed E-state index contributed by atoms with van der Waals surface area (Å²) in [6.45, 7) is 5.11. The van der Waals surface area contributed by atoms with Gasteiger partial charge in [-0.1, -0.05) is 6.92 Å². The van der Waals surface area contributed by atoms with E-state index in [9.17, 15) is 10.2 Å². The maximum Gasteiger partial charge on any atom is 0.0771 e. The van der Waals surface area contributed by atoms with Crippen LogP contribution in [0.25, 0.3) is 0 Å². The fourth-order valence-corrected chi connectivity index (χ4v) is 10.7. The van der Waals surface area contributed by atoms with Gasteiger partial charge in [-0.15, -0.1) is 0 Å². The van der Waals surface area contributed by atoms with E-state index in [0.29, 0.717) is 18.4 Å². The molecule has 6 rings (SSSR count). The van der Waals surface area contributed by atoms with Crippen LogP contribution in [-0.2, 0) is 14.2 Å². The van der Waals surface area contributed by atoms with Crippen molar-refractivity contribution in [2.75, 3.05) is 41.0 Å². The maximum atomic E-state index is 12.4. The van der Waals surface area contributed by atoms with Crippen LogP contribution in [0.1, 0.15) is 39.0 Å². The number of aliphatic hydroxyl groups is 2. The Bertz CT molecular complexity index is 720. The molecule has 0 radical (unpaired) electrons. The van der Waals surface area contributed by atoms with Gasteiger partial charge in [0.25, 0.3) is 0 Å². The summed E-state index contributed by atoms with van der Waals surface area (Å²) in [4.78, 5) is 2.67. The van der Waals surface area contributed by atoms with E-state index in [2.05, 4.69) is 11.8 Å². The van der Waals surface area contributed by atoms with Crippen LogP contribution in [0.3, 0.4) is 0 Å². The van der Waals surface area contributed by atoms with Crippen molar-refractivity contribution in [3.05, 3.63) is 0 Å². The first-order chi connectivity index (χ1) is 14.4. The van der Waals surface area contributed by atoms with Gasteiger partial charge >= 0.3 is 0 Å². The lowest BCUT2D eigenvalue weighted by molar-refractivity contribution is -0.276. The summed E-state index contributed by atoms with van der Waals surface area (Å²) in [6, 6.07) is 0.329. The lowest BCUT2D eigenvalue weighted by Gasteiger charge is -2.69. The first kappa shape index (κ1) is 20.4. The molecule has 0 amide bonds. The molecule has 1 spiro atoms. The topological polar surface area (TPSA) is 71.4 Å². The van der Waals surface area contributed by atoms with Gasteiger partial charge in [0.15, 0.2) is 0 Å². The third-order valence-electron chi connectivity index (χ3n) is 11.2. The van der Waals surface area contributed by atoms with E-state index in [1.54, 1.807) is 7.11 Å². The van der Waals surface area contributed by atoms with Crippen LogP contribution in [0.15, 0.2) is 0 Å². The second-order valence-electron chi connectivity index (χ2n) is 11.5. The fraction of sp³-hybridized carbons (Fsp3) is 1.00. The molecule has 6 heteroatoms. The third kappa shape index (κ3) is 2.00. The number of fused-ring (bicyclic) bond motifs is 2. The predicted molar refractivity (Wildman–Crippen MR) is 111 cm³/mol. The molecule has 0 aromatic carbocycles. The van der Waals surface area contributed by atoms with Crippen molar-refractivity contribution in [1.82, 2.24) is 4.90 Å². The highest BCUT2D eigenvalue weighted by atomic mass is 16.5. The molecule has 6 fully saturated rings. The van der Waals surface area contributed by atoms with Crippen molar-refractivity contribution < 1.29 is 24.4 Å². The minimum Gasteiger partial charge on any atom is -0.392 e. The van der Waals surface area contributed by atoms with Crippen LogP contribution < -0.4 is 0 Å². The van der Waals surface area contributed by atoms with E-state index in [-0.39, 0.29) is 46.7 Å². The molecule has 2 N–H and O–H groups in total. The zero-order valence-corrected chi connectivity index (χ0v) is 18.9. The largest absolute Gasteiger partial charge is 0.392 e. The van der Waals surface area contributed by atoms with Gasteiger partial charge in [-0.2, -0.15) is 0 Å². The smallest absolute Gasteiger partial charge is 0.0771 e. The summed E-state index contributed by atoms with van der Waals surface area (Å²) in [5.74, 6) is 1.03. The van der Waals surface area contributed by atoms with Gasteiger partial charge < -0.3 is 24.4 Å². The van der Waals surface area contributed by atoms with Crippen molar-refractivity contribution >= 4 is 0 Å². The monoisotopic (exact) mass is 421 g/mol. The summed E-state index contributed by atoms with van der Waals surface area (Å²) in [7, 11) is 5.48. The Morgan fingerprint density at radius 3 is 2.57 bits per heavy atom. The third-order valence-corrected chi connectivity index (χ3v) is 11.2. The number of hydrogen-bond donors (Lipinski definition) is 2. The standard InChI is InChI=1S/C24H39NO5/c1-5-25-11-22(12-28-2)7-6-18(30-4)24-14-8-13-16(29-3)10-23(27,19(14)20(13)26)15(21(24)25)9-17(22)24/h13-21,26-27H,5-12H2,1-4H3/t13-,14+,15+,16+,17+,18+,19-,20+,21-,22+,23+,24-/m1/s1. The highest BCUT2D eigenvalue weighted by molar-refractivity contribution is 5.33. The number of ether oxygens (including phenoxy) is 3. The van der Waals surface area contributed by atoms with Crippen molar-refractivity contribution in [3.8, 4) is 0 Å². The molecule has 6 aliphatic rings. The highest BCUT2D eigenvalue weighted by Gasteiger charge is 2.83. The van der Waals surface area contributed by atoms with Gasteiger partial charge in [0.05, 0.1) is 30.5 Å². The van der Waals surface area contributed by atoms with E-state index in [1.807, 2.05) is 14.2 Å². The molecule has 7 bridgehead atoms. The lowest BCUT2D eigenvalue weighted by atomic mass is 9.43. The molecule has 0 unspecified atom stereocenters. The molecule has 1 heterocycles.